The zero-order chi connectivity index (χ0) is 19.1. The summed E-state index contributed by atoms with van der Waals surface area (Å²) in [6.07, 6.45) is -0.252. The van der Waals surface area contributed by atoms with Crippen LogP contribution in [0.3, 0.4) is 0 Å². The van der Waals surface area contributed by atoms with Gasteiger partial charge in [0, 0.05) is 5.56 Å². The highest BCUT2D eigenvalue weighted by Gasteiger charge is 2.25. The number of aliphatic carboxylic acids is 1. The number of ketones is 1. The fourth-order valence-electron chi connectivity index (χ4n) is 2.90. The minimum Gasteiger partial charge on any atom is -0.489 e. The van der Waals surface area contributed by atoms with E-state index in [1.54, 1.807) is 48.5 Å². The van der Waals surface area contributed by atoms with E-state index in [-0.39, 0.29) is 12.2 Å². The first kappa shape index (κ1) is 18.4. The normalized spacial score (nSPS) is 11.6. The first-order chi connectivity index (χ1) is 13.1. The van der Waals surface area contributed by atoms with Crippen LogP contribution in [0.1, 0.15) is 33.8 Å². The number of carboxylic acid groups (broad SMARTS) is 1. The van der Waals surface area contributed by atoms with Gasteiger partial charge in [-0.1, -0.05) is 72.8 Å². The quantitative estimate of drug-likeness (QED) is 0.591. The van der Waals surface area contributed by atoms with Crippen molar-refractivity contribution in [2.24, 2.45) is 0 Å². The Morgan fingerprint density at radius 2 is 1.52 bits per heavy atom. The summed E-state index contributed by atoms with van der Waals surface area (Å²) in [6, 6.07) is 25.6. The van der Waals surface area contributed by atoms with Crippen molar-refractivity contribution < 1.29 is 19.4 Å². The summed E-state index contributed by atoms with van der Waals surface area (Å²) in [5.74, 6) is -1.39. The van der Waals surface area contributed by atoms with E-state index >= 15 is 0 Å². The Labute approximate surface area is 158 Å². The molecule has 0 bridgehead atoms. The highest BCUT2D eigenvalue weighted by molar-refractivity contribution is 6.02. The van der Waals surface area contributed by atoms with Gasteiger partial charge in [0.1, 0.15) is 12.4 Å². The maximum atomic E-state index is 13.0. The van der Waals surface area contributed by atoms with Crippen molar-refractivity contribution in [3.63, 3.8) is 0 Å². The van der Waals surface area contributed by atoms with Crippen molar-refractivity contribution in [2.45, 2.75) is 18.9 Å². The van der Waals surface area contributed by atoms with Gasteiger partial charge in [-0.25, -0.2) is 0 Å². The summed E-state index contributed by atoms with van der Waals surface area (Å²) in [5, 5.41) is 9.23. The Bertz CT molecular complexity index is 904. The van der Waals surface area contributed by atoms with Crippen LogP contribution in [-0.4, -0.2) is 16.9 Å². The van der Waals surface area contributed by atoms with E-state index in [1.165, 1.54) is 0 Å². The lowest BCUT2D eigenvalue weighted by Gasteiger charge is -2.15. The zero-order valence-electron chi connectivity index (χ0n) is 14.7. The van der Waals surface area contributed by atoms with Crippen molar-refractivity contribution in [1.29, 1.82) is 0 Å². The molecule has 0 heterocycles. The number of benzene rings is 3. The molecule has 1 N–H and O–H groups in total. The second kappa shape index (κ2) is 8.81. The van der Waals surface area contributed by atoms with Crippen LogP contribution >= 0.6 is 0 Å². The van der Waals surface area contributed by atoms with Crippen LogP contribution in [0.15, 0.2) is 84.9 Å². The molecule has 0 aliphatic rings. The first-order valence-corrected chi connectivity index (χ1v) is 8.71. The van der Waals surface area contributed by atoms with E-state index < -0.39 is 11.9 Å². The third-order valence-electron chi connectivity index (χ3n) is 4.26. The lowest BCUT2D eigenvalue weighted by atomic mass is 9.88. The molecule has 0 spiro atoms. The van der Waals surface area contributed by atoms with Crippen LogP contribution in [-0.2, 0) is 11.4 Å². The first-order valence-electron chi connectivity index (χ1n) is 8.71. The molecule has 1 unspecified atom stereocenters. The number of ether oxygens (including phenoxy) is 1. The van der Waals surface area contributed by atoms with Gasteiger partial charge in [0.25, 0.3) is 0 Å². The zero-order valence-corrected chi connectivity index (χ0v) is 14.7. The van der Waals surface area contributed by atoms with Crippen LogP contribution in [0.5, 0.6) is 5.75 Å². The number of hydrogen-bond acceptors (Lipinski definition) is 3. The molecular weight excluding hydrogens is 340 g/mol. The van der Waals surface area contributed by atoms with Crippen molar-refractivity contribution in [1.82, 2.24) is 0 Å². The van der Waals surface area contributed by atoms with E-state index in [2.05, 4.69) is 0 Å². The number of rotatable bonds is 8. The molecule has 4 heteroatoms. The van der Waals surface area contributed by atoms with E-state index in [9.17, 15) is 14.7 Å². The highest BCUT2D eigenvalue weighted by Crippen LogP contribution is 2.26. The van der Waals surface area contributed by atoms with Gasteiger partial charge in [0.15, 0.2) is 5.78 Å². The van der Waals surface area contributed by atoms with Gasteiger partial charge in [-0.2, -0.15) is 0 Å². The van der Waals surface area contributed by atoms with Gasteiger partial charge in [-0.3, -0.25) is 9.59 Å². The third kappa shape index (κ3) is 5.05. The molecule has 3 aromatic rings. The lowest BCUT2D eigenvalue weighted by Crippen LogP contribution is -2.17. The Morgan fingerprint density at radius 1 is 0.852 bits per heavy atom. The van der Waals surface area contributed by atoms with Crippen LogP contribution in [0.25, 0.3) is 0 Å². The molecule has 3 rings (SSSR count). The minimum absolute atomic E-state index is 0.228. The number of carbonyl (C=O) groups excluding carboxylic acids is 1. The maximum Gasteiger partial charge on any atom is 0.304 e. The summed E-state index contributed by atoms with van der Waals surface area (Å²) in [7, 11) is 0. The molecule has 0 aliphatic heterocycles. The summed E-state index contributed by atoms with van der Waals surface area (Å²) in [6.45, 7) is 0.399. The Balaban J connectivity index is 1.79. The summed E-state index contributed by atoms with van der Waals surface area (Å²) in [5.41, 5.74) is 2.17. The van der Waals surface area contributed by atoms with Gasteiger partial charge in [-0.05, 0) is 23.3 Å². The van der Waals surface area contributed by atoms with E-state index in [0.717, 1.165) is 5.56 Å². The molecule has 0 aliphatic carbocycles. The predicted octanol–water partition coefficient (Wildman–Crippen LogP) is 4.71. The molecule has 27 heavy (non-hydrogen) atoms. The summed E-state index contributed by atoms with van der Waals surface area (Å²) >= 11 is 0. The predicted molar refractivity (Wildman–Crippen MR) is 103 cm³/mol. The molecule has 3 aromatic carbocycles. The van der Waals surface area contributed by atoms with Crippen molar-refractivity contribution >= 4 is 11.8 Å². The molecule has 0 radical (unpaired) electrons. The van der Waals surface area contributed by atoms with E-state index in [1.807, 2.05) is 36.4 Å². The molecule has 0 fully saturated rings. The van der Waals surface area contributed by atoms with Crippen LogP contribution in [0.2, 0.25) is 0 Å². The fraction of sp³-hybridized carbons (Fsp3) is 0.130. The van der Waals surface area contributed by atoms with Crippen molar-refractivity contribution in [3.8, 4) is 5.75 Å². The largest absolute Gasteiger partial charge is 0.489 e. The van der Waals surface area contributed by atoms with Crippen LogP contribution in [0.4, 0.5) is 0 Å². The second-order valence-corrected chi connectivity index (χ2v) is 6.23. The minimum atomic E-state index is -1.01. The molecule has 1 atom stereocenters. The maximum absolute atomic E-state index is 13.0. The number of carbonyl (C=O) groups is 2. The van der Waals surface area contributed by atoms with Crippen molar-refractivity contribution in [3.05, 3.63) is 102 Å². The Hall–Kier alpha value is -3.40. The van der Waals surface area contributed by atoms with E-state index in [4.69, 9.17) is 4.74 Å². The third-order valence-corrected chi connectivity index (χ3v) is 4.26. The Morgan fingerprint density at radius 3 is 2.19 bits per heavy atom. The summed E-state index contributed by atoms with van der Waals surface area (Å²) < 4.78 is 5.78. The van der Waals surface area contributed by atoms with Crippen LogP contribution < -0.4 is 4.74 Å². The second-order valence-electron chi connectivity index (χ2n) is 6.23. The van der Waals surface area contributed by atoms with Gasteiger partial charge in [0.05, 0.1) is 12.3 Å². The fourth-order valence-corrected chi connectivity index (χ4v) is 2.90. The number of carboxylic acids is 1. The molecule has 0 saturated heterocycles. The lowest BCUT2D eigenvalue weighted by molar-refractivity contribution is -0.137. The SMILES string of the molecule is O=C(O)CC(C(=O)c1cccc(OCc2ccccc2)c1)c1ccccc1. The topological polar surface area (TPSA) is 63.6 Å². The number of hydrogen-bond donors (Lipinski definition) is 1. The van der Waals surface area contributed by atoms with Gasteiger partial charge >= 0.3 is 5.97 Å². The Kier molecular flexibility index (Phi) is 6.00. The molecule has 136 valence electrons. The molecule has 0 saturated carbocycles. The molecule has 4 nitrogen and oxygen atoms in total. The smallest absolute Gasteiger partial charge is 0.304 e. The van der Waals surface area contributed by atoms with Crippen molar-refractivity contribution in [2.75, 3.05) is 0 Å². The highest BCUT2D eigenvalue weighted by atomic mass is 16.5. The average Bonchev–Trinajstić information content (AvgIpc) is 2.71. The van der Waals surface area contributed by atoms with E-state index in [0.29, 0.717) is 23.5 Å². The number of Topliss-reactive ketones (excluding diaryl/α,β-unsaturated/α-hetero) is 1. The molecule has 0 amide bonds. The summed E-state index contributed by atoms with van der Waals surface area (Å²) in [4.78, 5) is 24.3. The van der Waals surface area contributed by atoms with Crippen LogP contribution in [0, 0.1) is 0 Å². The average molecular weight is 360 g/mol. The monoisotopic (exact) mass is 360 g/mol. The van der Waals surface area contributed by atoms with Gasteiger partial charge < -0.3 is 9.84 Å². The molecular formula is C23H20O4. The standard InChI is InChI=1S/C23H20O4/c24-22(25)15-21(18-10-5-2-6-11-18)23(26)19-12-7-13-20(14-19)27-16-17-8-3-1-4-9-17/h1-14,21H,15-16H2,(H,24,25). The van der Waals surface area contributed by atoms with Gasteiger partial charge in [-0.15, -0.1) is 0 Å². The molecule has 0 aromatic heterocycles. The van der Waals surface area contributed by atoms with Gasteiger partial charge in [0.2, 0.25) is 0 Å².